The molecule has 0 aromatic heterocycles. The number of hydrogen-bond donors (Lipinski definition) is 1. The van der Waals surface area contributed by atoms with Gasteiger partial charge in [-0.05, 0) is 50.5 Å². The van der Waals surface area contributed by atoms with Crippen LogP contribution in [-0.2, 0) is 32.6 Å². The van der Waals surface area contributed by atoms with E-state index in [4.69, 9.17) is 0 Å². The summed E-state index contributed by atoms with van der Waals surface area (Å²) in [5.41, 5.74) is 2.76. The van der Waals surface area contributed by atoms with Crippen LogP contribution in [0.3, 0.4) is 0 Å². The molecule has 0 spiro atoms. The van der Waals surface area contributed by atoms with E-state index in [1.807, 2.05) is 75.4 Å². The number of carbonyl (C=O) groups excluding carboxylic acids is 2. The molecule has 3 aromatic rings. The molecule has 0 bridgehead atoms. The zero-order valence-electron chi connectivity index (χ0n) is 23.8. The van der Waals surface area contributed by atoms with Gasteiger partial charge in [-0.2, -0.15) is 0 Å². The number of amides is 2. The molecule has 3 rings (SSSR count). The van der Waals surface area contributed by atoms with Gasteiger partial charge in [0, 0.05) is 38.0 Å². The third-order valence-electron chi connectivity index (χ3n) is 6.52. The maximum atomic E-state index is 13.9. The van der Waals surface area contributed by atoms with Gasteiger partial charge >= 0.3 is 0 Å². The maximum absolute atomic E-state index is 13.9. The molecule has 0 saturated heterocycles. The standard InChI is InChI=1S/C31H37F2N3O4S/c1-22(2)34-31(38)29(19-24-9-6-5-7-10-24)35(21-25-14-12-23(3)13-15-25)30(37)11-8-18-36(41(4,39)40)26-16-17-27(32)28(33)20-26/h5-7,9-10,12-17,20,22,29H,8,11,18-19,21H2,1-4H3,(H,34,38)/t29-/m0/s1. The molecule has 0 radical (unpaired) electrons. The Kier molecular flexibility index (Phi) is 11.0. The maximum Gasteiger partial charge on any atom is 0.243 e. The number of sulfonamides is 1. The van der Waals surface area contributed by atoms with E-state index in [1.165, 1.54) is 11.0 Å². The van der Waals surface area contributed by atoms with Crippen molar-refractivity contribution in [2.24, 2.45) is 0 Å². The Labute approximate surface area is 241 Å². The van der Waals surface area contributed by atoms with Crippen LogP contribution in [0.2, 0.25) is 0 Å². The predicted molar refractivity (Wildman–Crippen MR) is 157 cm³/mol. The smallest absolute Gasteiger partial charge is 0.243 e. The molecule has 0 aliphatic heterocycles. The van der Waals surface area contributed by atoms with Crippen LogP contribution in [0.15, 0.2) is 72.8 Å². The lowest BCUT2D eigenvalue weighted by molar-refractivity contribution is -0.141. The van der Waals surface area contributed by atoms with E-state index in [1.54, 1.807) is 0 Å². The van der Waals surface area contributed by atoms with Gasteiger partial charge in [-0.15, -0.1) is 0 Å². The lowest BCUT2D eigenvalue weighted by Gasteiger charge is -2.32. The number of aryl methyl sites for hydroxylation is 1. The summed E-state index contributed by atoms with van der Waals surface area (Å²) in [5, 5.41) is 2.93. The van der Waals surface area contributed by atoms with Gasteiger partial charge in [-0.3, -0.25) is 13.9 Å². The van der Waals surface area contributed by atoms with Crippen molar-refractivity contribution in [3.63, 3.8) is 0 Å². The average molecular weight is 586 g/mol. The van der Waals surface area contributed by atoms with E-state index in [0.29, 0.717) is 6.42 Å². The minimum Gasteiger partial charge on any atom is -0.352 e. The van der Waals surface area contributed by atoms with E-state index in [9.17, 15) is 26.8 Å². The van der Waals surface area contributed by atoms with Crippen LogP contribution >= 0.6 is 0 Å². The van der Waals surface area contributed by atoms with Crippen LogP contribution in [0.25, 0.3) is 0 Å². The van der Waals surface area contributed by atoms with Crippen LogP contribution in [0.4, 0.5) is 14.5 Å². The van der Waals surface area contributed by atoms with Gasteiger partial charge < -0.3 is 10.2 Å². The Balaban J connectivity index is 1.88. The molecule has 0 saturated carbocycles. The molecule has 2 amide bonds. The zero-order valence-corrected chi connectivity index (χ0v) is 24.6. The van der Waals surface area contributed by atoms with E-state index in [-0.39, 0.29) is 49.5 Å². The van der Waals surface area contributed by atoms with Crippen molar-refractivity contribution in [1.82, 2.24) is 10.2 Å². The van der Waals surface area contributed by atoms with E-state index >= 15 is 0 Å². The highest BCUT2D eigenvalue weighted by Gasteiger charge is 2.31. The summed E-state index contributed by atoms with van der Waals surface area (Å²) in [4.78, 5) is 28.8. The number of carbonyl (C=O) groups is 2. The highest BCUT2D eigenvalue weighted by Crippen LogP contribution is 2.22. The van der Waals surface area contributed by atoms with Crippen molar-refractivity contribution in [3.05, 3.63) is 101 Å². The van der Waals surface area contributed by atoms with Gasteiger partial charge in [-0.1, -0.05) is 60.2 Å². The fraction of sp³-hybridized carbons (Fsp3) is 0.355. The molecule has 0 aliphatic carbocycles. The van der Waals surface area contributed by atoms with Crippen LogP contribution in [0.1, 0.15) is 43.4 Å². The molecule has 0 aliphatic rings. The molecular weight excluding hydrogens is 548 g/mol. The van der Waals surface area contributed by atoms with Crippen molar-refractivity contribution in [1.29, 1.82) is 0 Å². The Bertz CT molecular complexity index is 1430. The molecule has 0 fully saturated rings. The molecule has 220 valence electrons. The summed E-state index contributed by atoms with van der Waals surface area (Å²) < 4.78 is 53.2. The first-order valence-electron chi connectivity index (χ1n) is 13.5. The molecule has 1 atom stereocenters. The lowest BCUT2D eigenvalue weighted by atomic mass is 10.0. The second-order valence-electron chi connectivity index (χ2n) is 10.4. The molecule has 3 aromatic carbocycles. The normalized spacial score (nSPS) is 12.2. The first kappa shape index (κ1) is 31.7. The summed E-state index contributed by atoms with van der Waals surface area (Å²) in [6.07, 6.45) is 1.29. The molecule has 0 heterocycles. The highest BCUT2D eigenvalue weighted by molar-refractivity contribution is 7.92. The van der Waals surface area contributed by atoms with Crippen molar-refractivity contribution < 1.29 is 26.8 Å². The van der Waals surface area contributed by atoms with Gasteiger partial charge in [-0.25, -0.2) is 17.2 Å². The van der Waals surface area contributed by atoms with E-state index < -0.39 is 27.7 Å². The van der Waals surface area contributed by atoms with E-state index in [2.05, 4.69) is 5.32 Å². The second kappa shape index (κ2) is 14.2. The molecule has 1 N–H and O–H groups in total. The topological polar surface area (TPSA) is 86.8 Å². The number of rotatable bonds is 13. The molecule has 0 unspecified atom stereocenters. The third-order valence-corrected chi connectivity index (χ3v) is 7.71. The second-order valence-corrected chi connectivity index (χ2v) is 12.3. The van der Waals surface area contributed by atoms with Crippen molar-refractivity contribution >= 4 is 27.5 Å². The summed E-state index contributed by atoms with van der Waals surface area (Å²) in [6.45, 7) is 5.71. The number of hydrogen-bond acceptors (Lipinski definition) is 4. The van der Waals surface area contributed by atoms with Crippen LogP contribution < -0.4 is 9.62 Å². The fourth-order valence-corrected chi connectivity index (χ4v) is 5.43. The largest absolute Gasteiger partial charge is 0.352 e. The number of nitrogens with zero attached hydrogens (tertiary/aromatic N) is 2. The minimum absolute atomic E-state index is 0.0337. The quantitative estimate of drug-likeness (QED) is 0.307. The monoisotopic (exact) mass is 585 g/mol. The summed E-state index contributed by atoms with van der Waals surface area (Å²) >= 11 is 0. The number of benzene rings is 3. The third kappa shape index (κ3) is 9.38. The molecular formula is C31H37F2N3O4S. The van der Waals surface area contributed by atoms with Gasteiger partial charge in [0.1, 0.15) is 6.04 Å². The average Bonchev–Trinajstić information content (AvgIpc) is 2.90. The van der Waals surface area contributed by atoms with Crippen molar-refractivity contribution in [3.8, 4) is 0 Å². The number of anilines is 1. The van der Waals surface area contributed by atoms with Crippen LogP contribution in [-0.4, -0.2) is 50.0 Å². The molecule has 7 nitrogen and oxygen atoms in total. The minimum atomic E-state index is -3.85. The lowest BCUT2D eigenvalue weighted by Crippen LogP contribution is -2.51. The Morgan fingerprint density at radius 3 is 2.15 bits per heavy atom. The first-order chi connectivity index (χ1) is 19.3. The summed E-state index contributed by atoms with van der Waals surface area (Å²) in [6, 6.07) is 19.0. The Morgan fingerprint density at radius 2 is 1.56 bits per heavy atom. The Hall–Kier alpha value is -3.79. The highest BCUT2D eigenvalue weighted by atomic mass is 32.2. The summed E-state index contributed by atoms with van der Waals surface area (Å²) in [5.74, 6) is -2.88. The molecule has 10 heteroatoms. The number of nitrogens with one attached hydrogen (secondary N) is 1. The summed E-state index contributed by atoms with van der Waals surface area (Å²) in [7, 11) is -3.85. The SMILES string of the molecule is Cc1ccc(CN(C(=O)CCCN(c2ccc(F)c(F)c2)S(C)(=O)=O)[C@@H](Cc2ccccc2)C(=O)NC(C)C)cc1. The zero-order chi connectivity index (χ0) is 30.2. The fourth-order valence-electron chi connectivity index (χ4n) is 4.47. The van der Waals surface area contributed by atoms with Gasteiger partial charge in [0.15, 0.2) is 11.6 Å². The molecule has 41 heavy (non-hydrogen) atoms. The van der Waals surface area contributed by atoms with Crippen LogP contribution in [0.5, 0.6) is 0 Å². The van der Waals surface area contributed by atoms with Gasteiger partial charge in [0.05, 0.1) is 11.9 Å². The van der Waals surface area contributed by atoms with Gasteiger partial charge in [0.2, 0.25) is 21.8 Å². The number of halogens is 2. The Morgan fingerprint density at radius 1 is 0.902 bits per heavy atom. The van der Waals surface area contributed by atoms with E-state index in [0.717, 1.165) is 39.4 Å². The van der Waals surface area contributed by atoms with Crippen molar-refractivity contribution in [2.75, 3.05) is 17.1 Å². The van der Waals surface area contributed by atoms with Crippen molar-refractivity contribution in [2.45, 2.75) is 58.7 Å². The first-order valence-corrected chi connectivity index (χ1v) is 15.3. The predicted octanol–water partition coefficient (Wildman–Crippen LogP) is 4.98. The van der Waals surface area contributed by atoms with Crippen LogP contribution in [0, 0.1) is 18.6 Å². The van der Waals surface area contributed by atoms with Gasteiger partial charge in [0.25, 0.3) is 0 Å².